The zero-order chi connectivity index (χ0) is 6.97. The van der Waals surface area contributed by atoms with E-state index in [1.54, 1.807) is 0 Å². The highest BCUT2D eigenvalue weighted by Gasteiger charge is 2.02. The fourth-order valence-electron chi connectivity index (χ4n) is 1.02. The molecule has 0 atom stereocenters. The van der Waals surface area contributed by atoms with E-state index in [-0.39, 0.29) is 0 Å². The van der Waals surface area contributed by atoms with Crippen molar-refractivity contribution in [3.05, 3.63) is 47.2 Å². The normalized spacial score (nSPS) is 13.1. The second kappa shape index (κ2) is 1.86. The van der Waals surface area contributed by atoms with E-state index in [4.69, 9.17) is 0 Å². The Bertz CT molecular complexity index is 326. The average Bonchev–Trinajstić information content (AvgIpc) is 2.68. The Labute approximate surface area is 60.5 Å². The van der Waals surface area contributed by atoms with E-state index < -0.39 is 0 Å². The van der Waals surface area contributed by atoms with Gasteiger partial charge >= 0.3 is 0 Å². The number of aryl methyl sites for hydroxylation is 1. The topological polar surface area (TPSA) is 0 Å². The van der Waals surface area contributed by atoms with Crippen molar-refractivity contribution >= 4 is 5.57 Å². The molecule has 0 radical (unpaired) electrons. The molecular formula is C10H8. The third-order valence-electron chi connectivity index (χ3n) is 1.62. The molecule has 0 saturated heterocycles. The summed E-state index contributed by atoms with van der Waals surface area (Å²) in [4.78, 5) is 0. The minimum absolute atomic E-state index is 1.25. The predicted octanol–water partition coefficient (Wildman–Crippen LogP) is 2.55. The van der Waals surface area contributed by atoms with Gasteiger partial charge in [0.1, 0.15) is 0 Å². The first-order valence-corrected chi connectivity index (χ1v) is 3.40. The molecule has 1 aliphatic rings. The van der Waals surface area contributed by atoms with Gasteiger partial charge in [0.15, 0.2) is 0 Å². The smallest absolute Gasteiger partial charge is 0.0314 e. The van der Waals surface area contributed by atoms with Gasteiger partial charge in [0.25, 0.3) is 0 Å². The van der Waals surface area contributed by atoms with E-state index in [1.165, 1.54) is 16.7 Å². The maximum Gasteiger partial charge on any atom is 0.0314 e. The van der Waals surface area contributed by atoms with Crippen LogP contribution in [0.25, 0.3) is 5.57 Å². The number of hydrogen-bond donors (Lipinski definition) is 0. The first-order valence-electron chi connectivity index (χ1n) is 3.40. The maximum atomic E-state index is 3.07. The molecule has 1 aliphatic carbocycles. The summed E-state index contributed by atoms with van der Waals surface area (Å²) in [7, 11) is 0. The standard InChI is InChI=1S/C10H8/c1-8-3-2-4-10(7-8)9-5-6-9/h2-5,7H,1H3. The second-order valence-corrected chi connectivity index (χ2v) is 2.57. The van der Waals surface area contributed by atoms with Crippen molar-refractivity contribution in [2.75, 3.05) is 0 Å². The molecule has 48 valence electrons. The molecule has 0 aliphatic heterocycles. The molecule has 0 spiro atoms. The Kier molecular flexibility index (Phi) is 1.03. The van der Waals surface area contributed by atoms with Gasteiger partial charge in [0.05, 0.1) is 0 Å². The van der Waals surface area contributed by atoms with Crippen LogP contribution in [0.4, 0.5) is 0 Å². The molecule has 0 N–H and O–H groups in total. The fourth-order valence-corrected chi connectivity index (χ4v) is 1.02. The second-order valence-electron chi connectivity index (χ2n) is 2.57. The molecule has 2 rings (SSSR count). The summed E-state index contributed by atoms with van der Waals surface area (Å²) < 4.78 is 0. The molecule has 0 nitrogen and oxygen atoms in total. The van der Waals surface area contributed by atoms with Crippen molar-refractivity contribution in [1.29, 1.82) is 0 Å². The summed E-state index contributed by atoms with van der Waals surface area (Å²) in [5, 5.41) is 0. The van der Waals surface area contributed by atoms with E-state index in [2.05, 4.69) is 36.9 Å². The van der Waals surface area contributed by atoms with Gasteiger partial charge in [-0.3, -0.25) is 0 Å². The van der Waals surface area contributed by atoms with Gasteiger partial charge in [-0.25, -0.2) is 0 Å². The molecule has 0 heterocycles. The highest BCUT2D eigenvalue weighted by molar-refractivity contribution is 5.83. The summed E-state index contributed by atoms with van der Waals surface area (Å²) in [5.74, 6) is 0. The summed E-state index contributed by atoms with van der Waals surface area (Å²) >= 11 is 0. The Balaban J connectivity index is 2.43. The minimum Gasteiger partial charge on any atom is -0.110 e. The molecule has 0 bridgehead atoms. The maximum absolute atomic E-state index is 3.07. The zero-order valence-corrected chi connectivity index (χ0v) is 5.89. The summed E-state index contributed by atoms with van der Waals surface area (Å²) in [5.41, 5.74) is 6.93. The molecule has 0 fully saturated rings. The van der Waals surface area contributed by atoms with Gasteiger partial charge in [0.2, 0.25) is 0 Å². The van der Waals surface area contributed by atoms with Crippen LogP contribution < -0.4 is 0 Å². The summed E-state index contributed by atoms with van der Waals surface area (Å²) in [6, 6.07) is 8.46. The van der Waals surface area contributed by atoms with Crippen LogP contribution in [0.2, 0.25) is 0 Å². The van der Waals surface area contributed by atoms with Gasteiger partial charge in [-0.2, -0.15) is 0 Å². The van der Waals surface area contributed by atoms with Crippen LogP contribution in [0.15, 0.2) is 36.1 Å². The predicted molar refractivity (Wildman–Crippen MR) is 42.7 cm³/mol. The van der Waals surface area contributed by atoms with Crippen LogP contribution in [0, 0.1) is 6.92 Å². The average molecular weight is 128 g/mol. The van der Waals surface area contributed by atoms with E-state index in [9.17, 15) is 0 Å². The minimum atomic E-state index is 1.25. The van der Waals surface area contributed by atoms with Crippen LogP contribution in [0.5, 0.6) is 0 Å². The molecule has 1 aromatic rings. The van der Waals surface area contributed by atoms with Crippen LogP contribution in [-0.2, 0) is 0 Å². The van der Waals surface area contributed by atoms with Crippen molar-refractivity contribution in [1.82, 2.24) is 0 Å². The lowest BCUT2D eigenvalue weighted by Gasteiger charge is -1.94. The van der Waals surface area contributed by atoms with E-state index in [0.29, 0.717) is 0 Å². The lowest BCUT2D eigenvalue weighted by Crippen LogP contribution is -1.75. The van der Waals surface area contributed by atoms with Crippen molar-refractivity contribution in [2.24, 2.45) is 0 Å². The molecule has 1 aromatic carbocycles. The van der Waals surface area contributed by atoms with Crippen LogP contribution in [0.3, 0.4) is 0 Å². The number of allylic oxidation sites excluding steroid dienone is 1. The monoisotopic (exact) mass is 128 g/mol. The van der Waals surface area contributed by atoms with Crippen molar-refractivity contribution in [3.63, 3.8) is 0 Å². The lowest BCUT2D eigenvalue weighted by molar-refractivity contribution is 1.46. The third-order valence-corrected chi connectivity index (χ3v) is 1.62. The Morgan fingerprint density at radius 2 is 2.10 bits per heavy atom. The first kappa shape index (κ1) is 5.52. The summed E-state index contributed by atoms with van der Waals surface area (Å²) in [6.45, 7) is 2.10. The molecular weight excluding hydrogens is 120 g/mol. The molecule has 0 aromatic heterocycles. The largest absolute Gasteiger partial charge is 0.110 e. The molecule has 10 heavy (non-hydrogen) atoms. The Morgan fingerprint density at radius 1 is 1.30 bits per heavy atom. The third kappa shape index (κ3) is 0.896. The Hall–Kier alpha value is -1.26. The number of hydrogen-bond acceptors (Lipinski definition) is 0. The van der Waals surface area contributed by atoms with Gasteiger partial charge in [-0.05, 0) is 18.6 Å². The van der Waals surface area contributed by atoms with Gasteiger partial charge in [-0.15, -0.1) is 5.73 Å². The van der Waals surface area contributed by atoms with Gasteiger partial charge in [-0.1, -0.05) is 29.8 Å². The lowest BCUT2D eigenvalue weighted by atomic mass is 10.1. The molecule has 0 saturated carbocycles. The fraction of sp³-hybridized carbons (Fsp3) is 0.100. The molecule has 0 unspecified atom stereocenters. The van der Waals surface area contributed by atoms with E-state index in [0.717, 1.165) is 0 Å². The van der Waals surface area contributed by atoms with E-state index >= 15 is 0 Å². The van der Waals surface area contributed by atoms with Crippen LogP contribution in [-0.4, -0.2) is 0 Å². The highest BCUT2D eigenvalue weighted by atomic mass is 14.0. The van der Waals surface area contributed by atoms with E-state index in [1.807, 2.05) is 6.08 Å². The number of benzene rings is 1. The highest BCUT2D eigenvalue weighted by Crippen LogP contribution is 2.22. The SMILES string of the molecule is Cc1cccc(C2=C=C2)c1. The van der Waals surface area contributed by atoms with Gasteiger partial charge in [0, 0.05) is 5.57 Å². The van der Waals surface area contributed by atoms with Crippen LogP contribution >= 0.6 is 0 Å². The number of rotatable bonds is 1. The molecule has 0 amide bonds. The van der Waals surface area contributed by atoms with Crippen molar-refractivity contribution in [2.45, 2.75) is 6.92 Å². The first-order chi connectivity index (χ1) is 4.86. The van der Waals surface area contributed by atoms with Crippen LogP contribution in [0.1, 0.15) is 11.1 Å². The molecule has 0 heteroatoms. The van der Waals surface area contributed by atoms with Crippen molar-refractivity contribution in [3.8, 4) is 0 Å². The summed E-state index contributed by atoms with van der Waals surface area (Å²) in [6.07, 6.45) is 2.01. The van der Waals surface area contributed by atoms with Gasteiger partial charge < -0.3 is 0 Å². The quantitative estimate of drug-likeness (QED) is 0.510. The Morgan fingerprint density at radius 3 is 2.70 bits per heavy atom. The van der Waals surface area contributed by atoms with Crippen molar-refractivity contribution < 1.29 is 0 Å². The zero-order valence-electron chi connectivity index (χ0n) is 5.89.